The van der Waals surface area contributed by atoms with Crippen LogP contribution in [0.3, 0.4) is 0 Å². The van der Waals surface area contributed by atoms with Crippen LogP contribution >= 0.6 is 0 Å². The van der Waals surface area contributed by atoms with E-state index in [0.29, 0.717) is 13.3 Å². The summed E-state index contributed by atoms with van der Waals surface area (Å²) in [5, 5.41) is 3.13. The molecule has 2 saturated heterocycles. The van der Waals surface area contributed by atoms with Crippen molar-refractivity contribution in [2.75, 3.05) is 19.8 Å². The van der Waals surface area contributed by atoms with E-state index in [2.05, 4.69) is 5.32 Å². The molecule has 0 saturated carbocycles. The standard InChI is InChI=1S/C11H20N2O3/c1-10(2,3)16-9(14)13-6-4-5-11(13)7-12-8-15-11/h12H,4-8H2,1-3H3. The summed E-state index contributed by atoms with van der Waals surface area (Å²) in [4.78, 5) is 13.7. The third-order valence-corrected chi connectivity index (χ3v) is 2.90. The van der Waals surface area contributed by atoms with Crippen LogP contribution in [0.25, 0.3) is 0 Å². The van der Waals surface area contributed by atoms with Gasteiger partial charge in [0.05, 0.1) is 6.73 Å². The van der Waals surface area contributed by atoms with E-state index in [1.54, 1.807) is 4.90 Å². The average Bonchev–Trinajstić information content (AvgIpc) is 2.74. The van der Waals surface area contributed by atoms with E-state index in [1.807, 2.05) is 20.8 Å². The topological polar surface area (TPSA) is 50.8 Å². The highest BCUT2D eigenvalue weighted by Gasteiger charge is 2.48. The third-order valence-electron chi connectivity index (χ3n) is 2.90. The van der Waals surface area contributed by atoms with Crippen LogP contribution in [0.1, 0.15) is 33.6 Å². The number of nitrogens with one attached hydrogen (secondary N) is 1. The maximum atomic E-state index is 12.0. The van der Waals surface area contributed by atoms with Crippen LogP contribution in [-0.2, 0) is 9.47 Å². The lowest BCUT2D eigenvalue weighted by atomic mass is 10.1. The molecule has 1 N–H and O–H groups in total. The molecule has 0 aromatic rings. The minimum atomic E-state index is -0.456. The Kier molecular flexibility index (Phi) is 2.84. The van der Waals surface area contributed by atoms with Gasteiger partial charge in [-0.05, 0) is 33.6 Å². The van der Waals surface area contributed by atoms with E-state index in [-0.39, 0.29) is 6.09 Å². The quantitative estimate of drug-likeness (QED) is 0.679. The lowest BCUT2D eigenvalue weighted by molar-refractivity contribution is -0.0908. The summed E-state index contributed by atoms with van der Waals surface area (Å²) in [6.45, 7) is 7.56. The fourth-order valence-corrected chi connectivity index (χ4v) is 2.24. The fraction of sp³-hybridized carbons (Fsp3) is 0.909. The Morgan fingerprint density at radius 3 is 2.81 bits per heavy atom. The maximum absolute atomic E-state index is 12.0. The summed E-state index contributed by atoms with van der Waals surface area (Å²) >= 11 is 0. The smallest absolute Gasteiger partial charge is 0.412 e. The molecule has 5 nitrogen and oxygen atoms in total. The molecule has 5 heteroatoms. The Hall–Kier alpha value is -0.810. The number of amides is 1. The molecule has 1 amide bonds. The van der Waals surface area contributed by atoms with Crippen molar-refractivity contribution >= 4 is 6.09 Å². The lowest BCUT2D eigenvalue weighted by Gasteiger charge is -2.34. The molecule has 16 heavy (non-hydrogen) atoms. The highest BCUT2D eigenvalue weighted by Crippen LogP contribution is 2.33. The average molecular weight is 228 g/mol. The maximum Gasteiger partial charge on any atom is 0.412 e. The van der Waals surface area contributed by atoms with E-state index < -0.39 is 11.3 Å². The van der Waals surface area contributed by atoms with Crippen molar-refractivity contribution in [3.63, 3.8) is 0 Å². The number of rotatable bonds is 0. The normalized spacial score (nSPS) is 30.1. The van der Waals surface area contributed by atoms with Crippen molar-refractivity contribution in [1.29, 1.82) is 0 Å². The van der Waals surface area contributed by atoms with E-state index in [4.69, 9.17) is 9.47 Å². The predicted molar refractivity (Wildman–Crippen MR) is 58.9 cm³/mol. The summed E-state index contributed by atoms with van der Waals surface area (Å²) in [5.74, 6) is 0. The number of nitrogens with zero attached hydrogens (tertiary/aromatic N) is 1. The zero-order valence-electron chi connectivity index (χ0n) is 10.2. The predicted octanol–water partition coefficient (Wildman–Crippen LogP) is 1.29. The number of hydrogen-bond donors (Lipinski definition) is 1. The minimum absolute atomic E-state index is 0.270. The molecule has 2 fully saturated rings. The monoisotopic (exact) mass is 228 g/mol. The Labute approximate surface area is 96.1 Å². The van der Waals surface area contributed by atoms with Gasteiger partial charge in [0.2, 0.25) is 0 Å². The van der Waals surface area contributed by atoms with Crippen molar-refractivity contribution in [3.05, 3.63) is 0 Å². The van der Waals surface area contributed by atoms with E-state index in [9.17, 15) is 4.79 Å². The van der Waals surface area contributed by atoms with Gasteiger partial charge in [-0.25, -0.2) is 4.79 Å². The van der Waals surface area contributed by atoms with Gasteiger partial charge < -0.3 is 9.47 Å². The Balaban J connectivity index is 2.05. The second kappa shape index (κ2) is 3.89. The molecule has 1 spiro atoms. The van der Waals surface area contributed by atoms with Crippen LogP contribution < -0.4 is 5.32 Å². The van der Waals surface area contributed by atoms with Gasteiger partial charge >= 0.3 is 6.09 Å². The zero-order valence-corrected chi connectivity index (χ0v) is 10.2. The van der Waals surface area contributed by atoms with Crippen LogP contribution in [-0.4, -0.2) is 42.1 Å². The summed E-state index contributed by atoms with van der Waals surface area (Å²) in [6, 6.07) is 0. The molecular formula is C11H20N2O3. The van der Waals surface area contributed by atoms with Gasteiger partial charge in [-0.3, -0.25) is 10.2 Å². The van der Waals surface area contributed by atoms with E-state index >= 15 is 0 Å². The van der Waals surface area contributed by atoms with Crippen molar-refractivity contribution in [3.8, 4) is 0 Å². The minimum Gasteiger partial charge on any atom is -0.444 e. The number of carbonyl (C=O) groups is 1. The summed E-state index contributed by atoms with van der Waals surface area (Å²) in [5.41, 5.74) is -0.908. The number of ether oxygens (including phenoxy) is 2. The zero-order chi connectivity index (χ0) is 11.8. The largest absolute Gasteiger partial charge is 0.444 e. The number of hydrogen-bond acceptors (Lipinski definition) is 4. The van der Waals surface area contributed by atoms with Gasteiger partial charge in [0.15, 0.2) is 5.72 Å². The van der Waals surface area contributed by atoms with Gasteiger partial charge in [-0.2, -0.15) is 0 Å². The molecule has 0 aromatic carbocycles. The van der Waals surface area contributed by atoms with Crippen molar-refractivity contribution in [2.45, 2.75) is 44.9 Å². The number of carbonyl (C=O) groups excluding carboxylic acids is 1. The highest BCUT2D eigenvalue weighted by atomic mass is 16.6. The van der Waals surface area contributed by atoms with Crippen LogP contribution in [0, 0.1) is 0 Å². The molecule has 0 aromatic heterocycles. The van der Waals surface area contributed by atoms with Gasteiger partial charge in [-0.15, -0.1) is 0 Å². The van der Waals surface area contributed by atoms with Crippen molar-refractivity contribution < 1.29 is 14.3 Å². The molecular weight excluding hydrogens is 208 g/mol. The summed E-state index contributed by atoms with van der Waals surface area (Å²) < 4.78 is 11.1. The first kappa shape index (κ1) is 11.7. The first-order chi connectivity index (χ1) is 7.43. The molecule has 2 heterocycles. The summed E-state index contributed by atoms with van der Waals surface area (Å²) in [6.07, 6.45) is 1.59. The second-order valence-electron chi connectivity index (χ2n) is 5.40. The van der Waals surface area contributed by atoms with Gasteiger partial charge in [0.1, 0.15) is 5.60 Å². The number of likely N-dealkylation sites (tertiary alicyclic amines) is 1. The van der Waals surface area contributed by atoms with Gasteiger partial charge in [-0.1, -0.05) is 0 Å². The van der Waals surface area contributed by atoms with Crippen LogP contribution in [0.4, 0.5) is 4.79 Å². The molecule has 1 unspecified atom stereocenters. The molecule has 0 bridgehead atoms. The Morgan fingerprint density at radius 1 is 1.50 bits per heavy atom. The third kappa shape index (κ3) is 2.15. The van der Waals surface area contributed by atoms with Crippen LogP contribution in [0.5, 0.6) is 0 Å². The molecule has 2 rings (SSSR count). The Morgan fingerprint density at radius 2 is 2.25 bits per heavy atom. The fourth-order valence-electron chi connectivity index (χ4n) is 2.24. The second-order valence-corrected chi connectivity index (χ2v) is 5.40. The first-order valence-electron chi connectivity index (χ1n) is 5.78. The molecule has 0 aliphatic carbocycles. The van der Waals surface area contributed by atoms with Crippen LogP contribution in [0.2, 0.25) is 0 Å². The van der Waals surface area contributed by atoms with Gasteiger partial charge in [0, 0.05) is 13.1 Å². The Bertz CT molecular complexity index is 274. The first-order valence-corrected chi connectivity index (χ1v) is 5.78. The lowest BCUT2D eigenvalue weighted by Crippen LogP contribution is -2.51. The molecule has 1 atom stereocenters. The van der Waals surface area contributed by atoms with Crippen LogP contribution in [0.15, 0.2) is 0 Å². The van der Waals surface area contributed by atoms with E-state index in [0.717, 1.165) is 19.4 Å². The molecule has 2 aliphatic heterocycles. The van der Waals surface area contributed by atoms with Gasteiger partial charge in [0.25, 0.3) is 0 Å². The SMILES string of the molecule is CC(C)(C)OC(=O)N1CCCC12CNCO2. The molecule has 92 valence electrons. The van der Waals surface area contributed by atoms with Crippen molar-refractivity contribution in [2.24, 2.45) is 0 Å². The highest BCUT2D eigenvalue weighted by molar-refractivity contribution is 5.69. The van der Waals surface area contributed by atoms with E-state index in [1.165, 1.54) is 0 Å². The molecule has 2 aliphatic rings. The van der Waals surface area contributed by atoms with Crippen molar-refractivity contribution in [1.82, 2.24) is 10.2 Å². The molecule has 0 radical (unpaired) electrons. The summed E-state index contributed by atoms with van der Waals surface area (Å²) in [7, 11) is 0.